The first kappa shape index (κ1) is 13.7. The number of nitrogens with one attached hydrogen (secondary N) is 3. The Labute approximate surface area is 101 Å². The zero-order valence-electron chi connectivity index (χ0n) is 9.81. The number of amides is 1. The van der Waals surface area contributed by atoms with Crippen LogP contribution in [-0.2, 0) is 4.79 Å². The Morgan fingerprint density at radius 1 is 1.28 bits per heavy atom. The molecule has 0 saturated carbocycles. The van der Waals surface area contributed by atoms with Gasteiger partial charge in [0.25, 0.3) is 11.5 Å². The van der Waals surface area contributed by atoms with E-state index in [1.807, 2.05) is 4.98 Å². The van der Waals surface area contributed by atoms with Gasteiger partial charge in [-0.25, -0.2) is 4.79 Å². The highest BCUT2D eigenvalue weighted by Gasteiger charge is 2.21. The molecule has 1 rings (SSSR count). The van der Waals surface area contributed by atoms with Gasteiger partial charge in [0.05, 0.1) is 5.92 Å². The van der Waals surface area contributed by atoms with Gasteiger partial charge in [-0.1, -0.05) is 0 Å². The summed E-state index contributed by atoms with van der Waals surface area (Å²) in [4.78, 5) is 48.4. The lowest BCUT2D eigenvalue weighted by Gasteiger charge is -2.17. The van der Waals surface area contributed by atoms with Crippen molar-refractivity contribution in [2.45, 2.75) is 19.9 Å². The van der Waals surface area contributed by atoms with Crippen LogP contribution in [0.4, 0.5) is 0 Å². The molecule has 2 atom stereocenters. The third kappa shape index (κ3) is 3.30. The lowest BCUT2D eigenvalue weighted by atomic mass is 10.0. The quantitative estimate of drug-likeness (QED) is 0.542. The smallest absolute Gasteiger partial charge is 0.326 e. The van der Waals surface area contributed by atoms with Crippen LogP contribution in [0, 0.1) is 5.92 Å². The zero-order chi connectivity index (χ0) is 13.9. The average molecular weight is 255 g/mol. The van der Waals surface area contributed by atoms with Crippen molar-refractivity contribution < 1.29 is 14.7 Å². The Balaban J connectivity index is 2.86. The van der Waals surface area contributed by atoms with Crippen molar-refractivity contribution in [1.29, 1.82) is 0 Å². The maximum atomic E-state index is 11.7. The Hall–Kier alpha value is -2.38. The van der Waals surface area contributed by atoms with Gasteiger partial charge in [0, 0.05) is 12.1 Å². The predicted octanol–water partition coefficient (Wildman–Crippen LogP) is -1.10. The van der Waals surface area contributed by atoms with Crippen molar-refractivity contribution in [3.05, 3.63) is 32.6 Å². The van der Waals surface area contributed by atoms with E-state index < -0.39 is 35.1 Å². The van der Waals surface area contributed by atoms with E-state index in [4.69, 9.17) is 5.11 Å². The largest absolute Gasteiger partial charge is 0.481 e. The molecule has 0 aliphatic rings. The summed E-state index contributed by atoms with van der Waals surface area (Å²) in [7, 11) is 0. The molecule has 1 aromatic rings. The molecule has 0 aliphatic heterocycles. The summed E-state index contributed by atoms with van der Waals surface area (Å²) in [6.45, 7) is 2.95. The molecule has 1 amide bonds. The fourth-order valence-electron chi connectivity index (χ4n) is 1.21. The number of rotatable bonds is 4. The van der Waals surface area contributed by atoms with E-state index in [-0.39, 0.29) is 5.69 Å². The zero-order valence-corrected chi connectivity index (χ0v) is 9.81. The number of carbonyl (C=O) groups is 2. The highest BCUT2D eigenvalue weighted by Crippen LogP contribution is 2.03. The Bertz CT molecular complexity index is 545. The lowest BCUT2D eigenvalue weighted by Crippen LogP contribution is -2.41. The van der Waals surface area contributed by atoms with E-state index >= 15 is 0 Å². The van der Waals surface area contributed by atoms with Crippen molar-refractivity contribution in [3.8, 4) is 0 Å². The Morgan fingerprint density at radius 3 is 2.39 bits per heavy atom. The van der Waals surface area contributed by atoms with Gasteiger partial charge in [-0.05, 0) is 13.8 Å². The number of carboxylic acid groups (broad SMARTS) is 1. The first-order valence-electron chi connectivity index (χ1n) is 5.18. The molecule has 0 aromatic carbocycles. The molecule has 0 spiro atoms. The standard InChI is InChI=1S/C10H13N3O5/c1-4(9(16)17)5(2)11-8(15)6-3-7(14)13-10(18)12-6/h3-5H,1-2H3,(H,11,15)(H,16,17)(H2,12,13,14,18). The van der Waals surface area contributed by atoms with Gasteiger partial charge in [-0.3, -0.25) is 19.4 Å². The highest BCUT2D eigenvalue weighted by molar-refractivity contribution is 5.92. The third-order valence-corrected chi connectivity index (χ3v) is 2.50. The van der Waals surface area contributed by atoms with Crippen LogP contribution >= 0.6 is 0 Å². The van der Waals surface area contributed by atoms with Crippen molar-refractivity contribution in [1.82, 2.24) is 15.3 Å². The van der Waals surface area contributed by atoms with Crippen molar-refractivity contribution >= 4 is 11.9 Å². The number of hydrogen-bond acceptors (Lipinski definition) is 4. The van der Waals surface area contributed by atoms with Gasteiger partial charge in [-0.15, -0.1) is 0 Å². The summed E-state index contributed by atoms with van der Waals surface area (Å²) in [6, 6.07) is 0.285. The van der Waals surface area contributed by atoms with Crippen LogP contribution in [0.2, 0.25) is 0 Å². The molecule has 8 heteroatoms. The normalized spacial score (nSPS) is 13.7. The molecule has 98 valence electrons. The fraction of sp³-hybridized carbons (Fsp3) is 0.400. The monoisotopic (exact) mass is 255 g/mol. The number of aliphatic carboxylic acids is 1. The minimum absolute atomic E-state index is 0.215. The van der Waals surface area contributed by atoms with Crippen molar-refractivity contribution in [2.24, 2.45) is 5.92 Å². The second-order valence-electron chi connectivity index (χ2n) is 3.89. The fourth-order valence-corrected chi connectivity index (χ4v) is 1.21. The van der Waals surface area contributed by atoms with Crippen molar-refractivity contribution in [2.75, 3.05) is 0 Å². The average Bonchev–Trinajstić information content (AvgIpc) is 2.26. The molecule has 2 unspecified atom stereocenters. The maximum Gasteiger partial charge on any atom is 0.326 e. The van der Waals surface area contributed by atoms with Crippen LogP contribution in [0.1, 0.15) is 24.3 Å². The van der Waals surface area contributed by atoms with Crippen LogP contribution < -0.4 is 16.6 Å². The number of hydrogen-bond donors (Lipinski definition) is 4. The van der Waals surface area contributed by atoms with Gasteiger partial charge in [0.15, 0.2) is 0 Å². The number of carbonyl (C=O) groups excluding carboxylic acids is 1. The van der Waals surface area contributed by atoms with Crippen molar-refractivity contribution in [3.63, 3.8) is 0 Å². The Kier molecular flexibility index (Phi) is 4.03. The maximum absolute atomic E-state index is 11.7. The molecule has 4 N–H and O–H groups in total. The molecule has 1 heterocycles. The number of aromatic amines is 2. The number of aromatic nitrogens is 2. The van der Waals surface area contributed by atoms with Gasteiger partial charge >= 0.3 is 11.7 Å². The van der Waals surface area contributed by atoms with Crippen LogP contribution in [0.5, 0.6) is 0 Å². The highest BCUT2D eigenvalue weighted by atomic mass is 16.4. The summed E-state index contributed by atoms with van der Waals surface area (Å²) in [6.07, 6.45) is 0. The second kappa shape index (κ2) is 5.30. The van der Waals surface area contributed by atoms with Crippen LogP contribution in [0.3, 0.4) is 0 Å². The predicted molar refractivity (Wildman–Crippen MR) is 61.4 cm³/mol. The molecule has 0 fully saturated rings. The van der Waals surface area contributed by atoms with E-state index in [0.717, 1.165) is 6.07 Å². The SMILES string of the molecule is CC(NC(=O)c1cc(=O)[nH]c(=O)[nH]1)C(C)C(=O)O. The topological polar surface area (TPSA) is 132 Å². The van der Waals surface area contributed by atoms with Gasteiger partial charge in [-0.2, -0.15) is 0 Å². The minimum atomic E-state index is -1.05. The summed E-state index contributed by atoms with van der Waals surface area (Å²) >= 11 is 0. The first-order valence-corrected chi connectivity index (χ1v) is 5.18. The van der Waals surface area contributed by atoms with Crippen LogP contribution in [0.15, 0.2) is 15.7 Å². The molecule has 0 bridgehead atoms. The molecule has 0 radical (unpaired) electrons. The van der Waals surface area contributed by atoms with Crippen LogP contribution in [0.25, 0.3) is 0 Å². The van der Waals surface area contributed by atoms with E-state index in [2.05, 4.69) is 10.3 Å². The summed E-state index contributed by atoms with van der Waals surface area (Å²) in [5.74, 6) is -2.55. The van der Waals surface area contributed by atoms with Gasteiger partial charge in [0.1, 0.15) is 5.69 Å². The first-order chi connectivity index (χ1) is 8.31. The van der Waals surface area contributed by atoms with E-state index in [0.29, 0.717) is 0 Å². The minimum Gasteiger partial charge on any atom is -0.481 e. The van der Waals surface area contributed by atoms with E-state index in [1.165, 1.54) is 13.8 Å². The summed E-state index contributed by atoms with van der Waals surface area (Å²) in [5, 5.41) is 11.1. The van der Waals surface area contributed by atoms with E-state index in [9.17, 15) is 19.2 Å². The molecule has 1 aromatic heterocycles. The summed E-state index contributed by atoms with van der Waals surface area (Å²) in [5.41, 5.74) is -1.72. The third-order valence-electron chi connectivity index (χ3n) is 2.50. The van der Waals surface area contributed by atoms with Gasteiger partial charge < -0.3 is 15.4 Å². The van der Waals surface area contributed by atoms with Gasteiger partial charge in [0.2, 0.25) is 0 Å². The molecular formula is C10H13N3O5. The molecule has 8 nitrogen and oxygen atoms in total. The number of carboxylic acids is 1. The Morgan fingerprint density at radius 2 is 1.89 bits per heavy atom. The molecular weight excluding hydrogens is 242 g/mol. The molecule has 0 saturated heterocycles. The number of H-pyrrole nitrogens is 2. The lowest BCUT2D eigenvalue weighted by molar-refractivity contribution is -0.141. The molecule has 0 aliphatic carbocycles. The second-order valence-corrected chi connectivity index (χ2v) is 3.89. The molecule has 18 heavy (non-hydrogen) atoms. The summed E-state index contributed by atoms with van der Waals surface area (Å²) < 4.78 is 0. The van der Waals surface area contributed by atoms with Crippen LogP contribution in [-0.4, -0.2) is 33.0 Å². The van der Waals surface area contributed by atoms with E-state index in [1.54, 1.807) is 0 Å².